The van der Waals surface area contributed by atoms with Gasteiger partial charge in [-0.1, -0.05) is 0 Å². The van der Waals surface area contributed by atoms with E-state index in [4.69, 9.17) is 4.74 Å². The third-order valence-electron chi connectivity index (χ3n) is 6.06. The van der Waals surface area contributed by atoms with E-state index in [1.807, 2.05) is 31.9 Å². The van der Waals surface area contributed by atoms with Crippen molar-refractivity contribution in [3.63, 3.8) is 0 Å². The highest BCUT2D eigenvalue weighted by atomic mass is 19.4. The number of aryl methyl sites for hydroxylation is 2. The van der Waals surface area contributed by atoms with Crippen LogP contribution in [0.15, 0.2) is 24.5 Å². The zero-order valence-electron chi connectivity index (χ0n) is 20.0. The molecular formula is C22H27F3N8O2. The molecule has 35 heavy (non-hydrogen) atoms. The third-order valence-corrected chi connectivity index (χ3v) is 6.06. The second-order valence-electron chi connectivity index (χ2n) is 8.51. The summed E-state index contributed by atoms with van der Waals surface area (Å²) in [6, 6.07) is 2.40. The molecule has 1 amide bonds. The number of anilines is 3. The van der Waals surface area contributed by atoms with Crippen LogP contribution in [0.2, 0.25) is 0 Å². The van der Waals surface area contributed by atoms with Crippen molar-refractivity contribution in [2.24, 2.45) is 7.05 Å². The standard InChI is InChI=1S/C22H27F3N8O2/c1-12-19-16(31(3)20(13(2)35-5)21(34)29-19)7-18(28-12)26-8-14-9-27-33(10-14)11-15-6-17(22(23,24)25)30-32(15)4/h6-7,9-10,13,20H,8,11H2,1-5H3,(H,26,28)(H,29,34)/t13-,20+/m1/s1. The van der Waals surface area contributed by atoms with E-state index in [1.54, 1.807) is 24.2 Å². The van der Waals surface area contributed by atoms with E-state index < -0.39 is 17.9 Å². The number of carbonyl (C=O) groups excluding carboxylic acids is 1. The molecule has 3 aromatic rings. The maximum atomic E-state index is 12.9. The molecule has 3 aromatic heterocycles. The molecule has 13 heteroatoms. The Morgan fingerprint density at radius 2 is 2.03 bits per heavy atom. The number of amides is 1. The quantitative estimate of drug-likeness (QED) is 0.523. The van der Waals surface area contributed by atoms with E-state index in [9.17, 15) is 18.0 Å². The number of aromatic nitrogens is 5. The smallest absolute Gasteiger partial charge is 0.379 e. The van der Waals surface area contributed by atoms with Crippen molar-refractivity contribution in [1.29, 1.82) is 0 Å². The molecule has 1 aliphatic rings. The van der Waals surface area contributed by atoms with E-state index in [0.29, 0.717) is 29.4 Å². The predicted octanol–water partition coefficient (Wildman–Crippen LogP) is 2.79. The van der Waals surface area contributed by atoms with Crippen LogP contribution in [0.5, 0.6) is 0 Å². The van der Waals surface area contributed by atoms with Crippen LogP contribution in [0.4, 0.5) is 30.4 Å². The van der Waals surface area contributed by atoms with Gasteiger partial charge in [-0.3, -0.25) is 14.2 Å². The number of nitrogens with zero attached hydrogens (tertiary/aromatic N) is 6. The third kappa shape index (κ3) is 4.94. The minimum atomic E-state index is -4.49. The summed E-state index contributed by atoms with van der Waals surface area (Å²) >= 11 is 0. The first-order chi connectivity index (χ1) is 16.5. The summed E-state index contributed by atoms with van der Waals surface area (Å²) in [4.78, 5) is 19.0. The number of alkyl halides is 3. The molecule has 0 saturated heterocycles. The number of halogens is 3. The number of hydrogen-bond donors (Lipinski definition) is 2. The van der Waals surface area contributed by atoms with E-state index in [-0.39, 0.29) is 18.6 Å². The van der Waals surface area contributed by atoms with Gasteiger partial charge in [0.05, 0.1) is 41.6 Å². The molecule has 10 nitrogen and oxygen atoms in total. The Morgan fingerprint density at radius 1 is 1.29 bits per heavy atom. The van der Waals surface area contributed by atoms with Crippen LogP contribution in [0.25, 0.3) is 0 Å². The lowest BCUT2D eigenvalue weighted by atomic mass is 10.0. The molecular weight excluding hydrogens is 465 g/mol. The van der Waals surface area contributed by atoms with Crippen molar-refractivity contribution in [3.8, 4) is 0 Å². The van der Waals surface area contributed by atoms with E-state index in [1.165, 1.54) is 11.7 Å². The van der Waals surface area contributed by atoms with Crippen molar-refractivity contribution >= 4 is 23.1 Å². The molecule has 0 aromatic carbocycles. The van der Waals surface area contributed by atoms with Crippen LogP contribution in [0, 0.1) is 6.92 Å². The molecule has 2 N–H and O–H groups in total. The first-order valence-corrected chi connectivity index (χ1v) is 10.9. The molecule has 0 bridgehead atoms. The van der Waals surface area contributed by atoms with Gasteiger partial charge in [-0.2, -0.15) is 23.4 Å². The number of likely N-dealkylation sites (N-methyl/N-ethyl adjacent to an activating group) is 1. The second-order valence-corrected chi connectivity index (χ2v) is 8.51. The number of carbonyl (C=O) groups is 1. The molecule has 1 aliphatic heterocycles. The molecule has 0 spiro atoms. The highest BCUT2D eigenvalue weighted by Gasteiger charge is 2.36. The minimum absolute atomic E-state index is 0.150. The number of pyridine rings is 1. The van der Waals surface area contributed by atoms with Crippen molar-refractivity contribution in [2.75, 3.05) is 29.7 Å². The van der Waals surface area contributed by atoms with Crippen molar-refractivity contribution < 1.29 is 22.7 Å². The minimum Gasteiger partial charge on any atom is -0.379 e. The van der Waals surface area contributed by atoms with Crippen molar-refractivity contribution in [3.05, 3.63) is 47.2 Å². The van der Waals surface area contributed by atoms with Gasteiger partial charge in [0.2, 0.25) is 5.91 Å². The molecule has 2 atom stereocenters. The molecule has 188 valence electrons. The average molecular weight is 493 g/mol. The Balaban J connectivity index is 1.46. The van der Waals surface area contributed by atoms with Crippen molar-refractivity contribution in [2.45, 2.75) is 45.3 Å². The molecule has 0 aliphatic carbocycles. The number of fused-ring (bicyclic) bond motifs is 1. The van der Waals surface area contributed by atoms with Gasteiger partial charge < -0.3 is 20.3 Å². The molecule has 0 unspecified atom stereocenters. The highest BCUT2D eigenvalue weighted by Crippen LogP contribution is 2.36. The van der Waals surface area contributed by atoms with Gasteiger partial charge in [0.25, 0.3) is 0 Å². The Labute approximate surface area is 200 Å². The van der Waals surface area contributed by atoms with Gasteiger partial charge in [0.1, 0.15) is 11.9 Å². The van der Waals surface area contributed by atoms with Crippen LogP contribution in [0.3, 0.4) is 0 Å². The topological polar surface area (TPSA) is 102 Å². The predicted molar refractivity (Wildman–Crippen MR) is 123 cm³/mol. The van der Waals surface area contributed by atoms with Crippen LogP contribution in [-0.4, -0.2) is 56.8 Å². The van der Waals surface area contributed by atoms with E-state index in [0.717, 1.165) is 17.3 Å². The SMILES string of the molecule is CO[C@H](C)[C@H]1C(=O)Nc2c(cc(NCc3cnn(Cc4cc(C(F)(F)F)nn4C)c3)nc2C)N1C. The Kier molecular flexibility index (Phi) is 6.45. The van der Waals surface area contributed by atoms with Gasteiger partial charge in [-0.25, -0.2) is 4.98 Å². The summed E-state index contributed by atoms with van der Waals surface area (Å²) in [7, 11) is 4.88. The Bertz CT molecular complexity index is 1240. The first-order valence-electron chi connectivity index (χ1n) is 10.9. The Morgan fingerprint density at radius 3 is 2.69 bits per heavy atom. The second kappa shape index (κ2) is 9.21. The van der Waals surface area contributed by atoms with Crippen LogP contribution >= 0.6 is 0 Å². The number of methoxy groups -OCH3 is 1. The highest BCUT2D eigenvalue weighted by molar-refractivity contribution is 6.04. The fraction of sp³-hybridized carbons (Fsp3) is 0.455. The van der Waals surface area contributed by atoms with Gasteiger partial charge in [0.15, 0.2) is 5.69 Å². The monoisotopic (exact) mass is 492 g/mol. The molecule has 4 rings (SSSR count). The van der Waals surface area contributed by atoms with Gasteiger partial charge in [0, 0.05) is 45.6 Å². The van der Waals surface area contributed by atoms with Gasteiger partial charge >= 0.3 is 6.18 Å². The number of hydrogen-bond acceptors (Lipinski definition) is 7. The summed E-state index contributed by atoms with van der Waals surface area (Å²) < 4.78 is 46.8. The average Bonchev–Trinajstić information content (AvgIpc) is 3.39. The van der Waals surface area contributed by atoms with E-state index >= 15 is 0 Å². The molecule has 4 heterocycles. The summed E-state index contributed by atoms with van der Waals surface area (Å²) in [5.41, 5.74) is 2.43. The summed E-state index contributed by atoms with van der Waals surface area (Å²) in [5.74, 6) is 0.463. The summed E-state index contributed by atoms with van der Waals surface area (Å²) in [6.07, 6.45) is -1.41. The van der Waals surface area contributed by atoms with Gasteiger partial charge in [-0.15, -0.1) is 0 Å². The summed E-state index contributed by atoms with van der Waals surface area (Å²) in [5, 5.41) is 14.0. The zero-order chi connectivity index (χ0) is 25.5. The summed E-state index contributed by atoms with van der Waals surface area (Å²) in [6.45, 7) is 4.21. The van der Waals surface area contributed by atoms with Crippen LogP contribution in [-0.2, 0) is 35.8 Å². The molecule has 0 radical (unpaired) electrons. The number of rotatable bonds is 7. The lowest BCUT2D eigenvalue weighted by Crippen LogP contribution is -2.52. The van der Waals surface area contributed by atoms with Gasteiger partial charge in [-0.05, 0) is 19.9 Å². The maximum Gasteiger partial charge on any atom is 0.435 e. The fourth-order valence-electron chi connectivity index (χ4n) is 4.09. The normalized spacial score (nSPS) is 16.7. The molecule has 0 saturated carbocycles. The van der Waals surface area contributed by atoms with E-state index in [2.05, 4.69) is 25.8 Å². The number of nitrogens with one attached hydrogen (secondary N) is 2. The van der Waals surface area contributed by atoms with Crippen LogP contribution < -0.4 is 15.5 Å². The lowest BCUT2D eigenvalue weighted by molar-refractivity contribution is -0.141. The fourth-order valence-corrected chi connectivity index (χ4v) is 4.09. The largest absolute Gasteiger partial charge is 0.435 e. The zero-order valence-corrected chi connectivity index (χ0v) is 20.0. The first kappa shape index (κ1) is 24.5. The Hall–Kier alpha value is -3.61. The number of ether oxygens (including phenoxy) is 1. The maximum absolute atomic E-state index is 12.9. The lowest BCUT2D eigenvalue weighted by Gasteiger charge is -2.38. The van der Waals surface area contributed by atoms with Crippen molar-refractivity contribution in [1.82, 2.24) is 24.5 Å². The molecule has 0 fully saturated rings. The van der Waals surface area contributed by atoms with Crippen LogP contribution in [0.1, 0.15) is 29.6 Å².